The van der Waals surface area contributed by atoms with Gasteiger partial charge < -0.3 is 15.6 Å². The molecule has 1 aromatic heterocycles. The molecule has 0 aliphatic heterocycles. The molecule has 0 fully saturated rings. The summed E-state index contributed by atoms with van der Waals surface area (Å²) in [6.07, 6.45) is 1.69. The Kier molecular flexibility index (Phi) is 5.05. The first-order chi connectivity index (χ1) is 8.73. The highest BCUT2D eigenvalue weighted by molar-refractivity contribution is 5.82. The van der Waals surface area contributed by atoms with Gasteiger partial charge in [-0.2, -0.15) is 0 Å². The Hall–Kier alpha value is -1.43. The molecule has 3 N–H and O–H groups in total. The quantitative estimate of drug-likeness (QED) is 0.829. The topological polar surface area (TPSA) is 85.8 Å². The van der Waals surface area contributed by atoms with Crippen LogP contribution >= 0.6 is 0 Å². The highest BCUT2D eigenvalue weighted by atomic mass is 16.2. The average Bonchev–Trinajstić information content (AvgIpc) is 2.75. The molecule has 0 saturated heterocycles. The zero-order valence-electron chi connectivity index (χ0n) is 12.5. The number of amides is 1. The molecular formula is C13H25N5O. The molecule has 108 valence electrons. The highest BCUT2D eigenvalue weighted by Crippen LogP contribution is 2.17. The van der Waals surface area contributed by atoms with Gasteiger partial charge >= 0.3 is 0 Å². The van der Waals surface area contributed by atoms with E-state index in [1.165, 1.54) is 0 Å². The lowest BCUT2D eigenvalue weighted by Gasteiger charge is -2.25. The molecule has 0 aromatic carbocycles. The van der Waals surface area contributed by atoms with Gasteiger partial charge in [0.2, 0.25) is 5.91 Å². The second-order valence-electron chi connectivity index (χ2n) is 6.17. The molecular weight excluding hydrogens is 242 g/mol. The Labute approximate surface area is 114 Å². The van der Waals surface area contributed by atoms with E-state index in [4.69, 9.17) is 5.73 Å². The predicted octanol–water partition coefficient (Wildman–Crippen LogP) is 0.891. The van der Waals surface area contributed by atoms with Gasteiger partial charge in [-0.3, -0.25) is 4.79 Å². The lowest BCUT2D eigenvalue weighted by Crippen LogP contribution is -2.49. The summed E-state index contributed by atoms with van der Waals surface area (Å²) in [7, 11) is 0. The van der Waals surface area contributed by atoms with Crippen LogP contribution in [0.4, 0.5) is 0 Å². The lowest BCUT2D eigenvalue weighted by atomic mass is 9.87. The van der Waals surface area contributed by atoms with Crippen LogP contribution < -0.4 is 11.1 Å². The third-order valence-electron chi connectivity index (χ3n) is 3.03. The highest BCUT2D eigenvalue weighted by Gasteiger charge is 2.27. The van der Waals surface area contributed by atoms with Crippen molar-refractivity contribution in [1.82, 2.24) is 20.1 Å². The van der Waals surface area contributed by atoms with Gasteiger partial charge in [0, 0.05) is 19.0 Å². The fraction of sp³-hybridized carbons (Fsp3) is 0.769. The number of aromatic nitrogens is 3. The SMILES string of the molecule is CC(C)c1nncn1CCNC(=O)[C@@H](N)C(C)(C)C. The van der Waals surface area contributed by atoms with Crippen LogP contribution in [0.1, 0.15) is 46.4 Å². The number of nitrogens with two attached hydrogens (primary N) is 1. The van der Waals surface area contributed by atoms with Crippen molar-refractivity contribution in [2.45, 2.75) is 53.1 Å². The van der Waals surface area contributed by atoms with Gasteiger partial charge in [0.1, 0.15) is 12.2 Å². The largest absolute Gasteiger partial charge is 0.353 e. The van der Waals surface area contributed by atoms with Gasteiger partial charge in [0.25, 0.3) is 0 Å². The van der Waals surface area contributed by atoms with Crippen LogP contribution in [-0.2, 0) is 11.3 Å². The number of carbonyl (C=O) groups is 1. The van der Waals surface area contributed by atoms with Gasteiger partial charge in [-0.05, 0) is 5.41 Å². The van der Waals surface area contributed by atoms with Crippen molar-refractivity contribution in [2.24, 2.45) is 11.1 Å². The summed E-state index contributed by atoms with van der Waals surface area (Å²) < 4.78 is 1.95. The zero-order valence-corrected chi connectivity index (χ0v) is 12.5. The minimum Gasteiger partial charge on any atom is -0.353 e. The molecule has 0 saturated carbocycles. The smallest absolute Gasteiger partial charge is 0.237 e. The minimum atomic E-state index is -0.502. The molecule has 0 aliphatic rings. The van der Waals surface area contributed by atoms with E-state index in [1.54, 1.807) is 6.33 Å². The molecule has 1 heterocycles. The first-order valence-corrected chi connectivity index (χ1v) is 6.64. The summed E-state index contributed by atoms with van der Waals surface area (Å²) in [6, 6.07) is -0.502. The summed E-state index contributed by atoms with van der Waals surface area (Å²) in [5.41, 5.74) is 5.66. The summed E-state index contributed by atoms with van der Waals surface area (Å²) in [4.78, 5) is 11.9. The summed E-state index contributed by atoms with van der Waals surface area (Å²) >= 11 is 0. The van der Waals surface area contributed by atoms with Gasteiger partial charge in [-0.1, -0.05) is 34.6 Å². The van der Waals surface area contributed by atoms with Gasteiger partial charge in [0.05, 0.1) is 6.04 Å². The molecule has 0 spiro atoms. The van der Waals surface area contributed by atoms with Crippen LogP contribution in [0.25, 0.3) is 0 Å². The molecule has 1 atom stereocenters. The van der Waals surface area contributed by atoms with Crippen LogP contribution in [0.2, 0.25) is 0 Å². The fourth-order valence-corrected chi connectivity index (χ4v) is 1.69. The van der Waals surface area contributed by atoms with Crippen molar-refractivity contribution >= 4 is 5.91 Å². The van der Waals surface area contributed by atoms with E-state index in [9.17, 15) is 4.79 Å². The third kappa shape index (κ3) is 4.31. The predicted molar refractivity (Wildman–Crippen MR) is 74.6 cm³/mol. The second kappa shape index (κ2) is 6.14. The van der Waals surface area contributed by atoms with Crippen molar-refractivity contribution in [1.29, 1.82) is 0 Å². The zero-order chi connectivity index (χ0) is 14.6. The average molecular weight is 267 g/mol. The van der Waals surface area contributed by atoms with Gasteiger partial charge in [-0.15, -0.1) is 10.2 Å². The van der Waals surface area contributed by atoms with Crippen molar-refractivity contribution < 1.29 is 4.79 Å². The maximum atomic E-state index is 11.9. The number of hydrogen-bond donors (Lipinski definition) is 2. The number of carbonyl (C=O) groups excluding carboxylic acids is 1. The van der Waals surface area contributed by atoms with Crippen LogP contribution in [0.15, 0.2) is 6.33 Å². The van der Waals surface area contributed by atoms with Crippen molar-refractivity contribution in [3.05, 3.63) is 12.2 Å². The Balaban J connectivity index is 2.47. The molecule has 1 aromatic rings. The summed E-state index contributed by atoms with van der Waals surface area (Å²) in [5.74, 6) is 1.12. The third-order valence-corrected chi connectivity index (χ3v) is 3.03. The van der Waals surface area contributed by atoms with Crippen molar-refractivity contribution in [2.75, 3.05) is 6.54 Å². The van der Waals surface area contributed by atoms with E-state index in [2.05, 4.69) is 29.4 Å². The maximum absolute atomic E-state index is 11.9. The lowest BCUT2D eigenvalue weighted by molar-refractivity contribution is -0.124. The van der Waals surface area contributed by atoms with E-state index in [0.717, 1.165) is 5.82 Å². The fourth-order valence-electron chi connectivity index (χ4n) is 1.69. The Morgan fingerprint density at radius 1 is 1.47 bits per heavy atom. The van der Waals surface area contributed by atoms with E-state index in [1.807, 2.05) is 25.3 Å². The van der Waals surface area contributed by atoms with Crippen molar-refractivity contribution in [3.63, 3.8) is 0 Å². The molecule has 0 radical (unpaired) electrons. The van der Waals surface area contributed by atoms with E-state index in [-0.39, 0.29) is 11.3 Å². The molecule has 19 heavy (non-hydrogen) atoms. The maximum Gasteiger partial charge on any atom is 0.237 e. The monoisotopic (exact) mass is 267 g/mol. The number of rotatable bonds is 5. The molecule has 6 nitrogen and oxygen atoms in total. The first-order valence-electron chi connectivity index (χ1n) is 6.64. The number of hydrogen-bond acceptors (Lipinski definition) is 4. The standard InChI is InChI=1S/C13H25N5O/c1-9(2)11-17-16-8-18(11)7-6-15-12(19)10(14)13(3,4)5/h8-10H,6-7,14H2,1-5H3,(H,15,19)/t10-/m1/s1. The molecule has 6 heteroatoms. The first kappa shape index (κ1) is 15.6. The summed E-state index contributed by atoms with van der Waals surface area (Å²) in [5, 5.41) is 10.8. The van der Waals surface area contributed by atoms with Crippen molar-refractivity contribution in [3.8, 4) is 0 Å². The van der Waals surface area contributed by atoms with Crippen LogP contribution in [0.3, 0.4) is 0 Å². The molecule has 0 unspecified atom stereocenters. The summed E-state index contributed by atoms with van der Waals surface area (Å²) in [6.45, 7) is 11.2. The molecule has 1 rings (SSSR count). The second-order valence-corrected chi connectivity index (χ2v) is 6.17. The Bertz CT molecular complexity index is 419. The van der Waals surface area contributed by atoms with E-state index < -0.39 is 6.04 Å². The Morgan fingerprint density at radius 2 is 2.11 bits per heavy atom. The van der Waals surface area contributed by atoms with Crippen LogP contribution in [-0.4, -0.2) is 33.3 Å². The molecule has 0 bridgehead atoms. The van der Waals surface area contributed by atoms with E-state index >= 15 is 0 Å². The van der Waals surface area contributed by atoms with Gasteiger partial charge in [-0.25, -0.2) is 0 Å². The number of nitrogens with one attached hydrogen (secondary N) is 1. The van der Waals surface area contributed by atoms with Crippen LogP contribution in [0, 0.1) is 5.41 Å². The minimum absolute atomic E-state index is 0.119. The normalized spacial score (nSPS) is 13.6. The molecule has 1 amide bonds. The van der Waals surface area contributed by atoms with Crippen LogP contribution in [0.5, 0.6) is 0 Å². The molecule has 0 aliphatic carbocycles. The van der Waals surface area contributed by atoms with Gasteiger partial charge in [0.15, 0.2) is 0 Å². The number of nitrogens with zero attached hydrogens (tertiary/aromatic N) is 3. The van der Waals surface area contributed by atoms with E-state index in [0.29, 0.717) is 19.0 Å². The Morgan fingerprint density at radius 3 is 2.63 bits per heavy atom.